The number of alkyl carbamates (subject to hydrolysis) is 1. The van der Waals surface area contributed by atoms with Crippen molar-refractivity contribution in [2.75, 3.05) is 33.4 Å². The van der Waals surface area contributed by atoms with Gasteiger partial charge in [0, 0.05) is 26.7 Å². The van der Waals surface area contributed by atoms with Crippen LogP contribution in [0.4, 0.5) is 4.79 Å². The fraction of sp³-hybridized carbons (Fsp3) is 0.909. The van der Waals surface area contributed by atoms with E-state index in [0.717, 1.165) is 26.2 Å². The summed E-state index contributed by atoms with van der Waals surface area (Å²) in [5.74, 6) is 0. The van der Waals surface area contributed by atoms with E-state index >= 15 is 0 Å². The maximum atomic E-state index is 11.4. The number of amides is 1. The van der Waals surface area contributed by atoms with Gasteiger partial charge in [0.25, 0.3) is 0 Å². The van der Waals surface area contributed by atoms with Crippen molar-refractivity contribution in [3.05, 3.63) is 0 Å². The molecular weight excluding hydrogens is 208 g/mol. The normalized spacial score (nSPS) is 18.0. The van der Waals surface area contributed by atoms with E-state index in [-0.39, 0.29) is 12.1 Å². The number of hydrogen-bond donors (Lipinski definition) is 1. The highest BCUT2D eigenvalue weighted by molar-refractivity contribution is 5.68. The van der Waals surface area contributed by atoms with E-state index in [2.05, 4.69) is 10.2 Å². The smallest absolute Gasteiger partial charge is 0.407 e. The van der Waals surface area contributed by atoms with Gasteiger partial charge in [-0.05, 0) is 20.8 Å². The average molecular weight is 230 g/mol. The molecular formula is C11H22N2O3. The molecule has 1 saturated heterocycles. The molecule has 1 amide bonds. The zero-order valence-electron chi connectivity index (χ0n) is 10.6. The largest absolute Gasteiger partial charge is 0.444 e. The Morgan fingerprint density at radius 2 is 2.06 bits per heavy atom. The third-order valence-electron chi connectivity index (χ3n) is 2.29. The number of nitrogens with one attached hydrogen (secondary N) is 1. The second-order valence-corrected chi connectivity index (χ2v) is 5.10. The lowest BCUT2D eigenvalue weighted by molar-refractivity contribution is 0.0363. The van der Waals surface area contributed by atoms with E-state index in [1.165, 1.54) is 0 Å². The number of nitrogens with zero attached hydrogens (tertiary/aromatic N) is 1. The third-order valence-corrected chi connectivity index (χ3v) is 2.29. The van der Waals surface area contributed by atoms with Crippen LogP contribution in [0.3, 0.4) is 0 Å². The molecule has 1 N–H and O–H groups in total. The molecule has 1 aliphatic heterocycles. The SMILES string of the molecule is COCCN1CC(NC(=O)OC(C)(C)C)C1. The van der Waals surface area contributed by atoms with Crippen LogP contribution in [0.2, 0.25) is 0 Å². The zero-order chi connectivity index (χ0) is 12.2. The fourth-order valence-electron chi connectivity index (χ4n) is 1.54. The molecule has 1 heterocycles. The number of likely N-dealkylation sites (tertiary alicyclic amines) is 1. The Morgan fingerprint density at radius 1 is 1.44 bits per heavy atom. The molecule has 5 nitrogen and oxygen atoms in total. The molecule has 0 aromatic rings. The topological polar surface area (TPSA) is 50.8 Å². The van der Waals surface area contributed by atoms with Crippen LogP contribution in [0, 0.1) is 0 Å². The molecule has 0 bridgehead atoms. The molecule has 0 unspecified atom stereocenters. The first-order valence-electron chi connectivity index (χ1n) is 5.61. The Bertz CT molecular complexity index is 232. The Kier molecular flexibility index (Phi) is 4.56. The summed E-state index contributed by atoms with van der Waals surface area (Å²) in [7, 11) is 1.69. The van der Waals surface area contributed by atoms with Gasteiger partial charge in [0.15, 0.2) is 0 Å². The minimum Gasteiger partial charge on any atom is -0.444 e. The van der Waals surface area contributed by atoms with Gasteiger partial charge in [-0.2, -0.15) is 0 Å². The summed E-state index contributed by atoms with van der Waals surface area (Å²) < 4.78 is 10.1. The number of rotatable bonds is 4. The van der Waals surface area contributed by atoms with Gasteiger partial charge in [0.05, 0.1) is 12.6 Å². The summed E-state index contributed by atoms with van der Waals surface area (Å²) in [5.41, 5.74) is -0.427. The van der Waals surface area contributed by atoms with Crippen LogP contribution in [0.1, 0.15) is 20.8 Å². The summed E-state index contributed by atoms with van der Waals surface area (Å²) in [4.78, 5) is 13.6. The minimum absolute atomic E-state index is 0.215. The molecule has 0 aromatic carbocycles. The first-order valence-corrected chi connectivity index (χ1v) is 5.61. The first-order chi connectivity index (χ1) is 7.40. The lowest BCUT2D eigenvalue weighted by Gasteiger charge is -2.39. The van der Waals surface area contributed by atoms with E-state index in [0.29, 0.717) is 0 Å². The molecule has 16 heavy (non-hydrogen) atoms. The van der Waals surface area contributed by atoms with Crippen LogP contribution in [-0.2, 0) is 9.47 Å². The van der Waals surface area contributed by atoms with Crippen molar-refractivity contribution in [2.24, 2.45) is 0 Å². The van der Waals surface area contributed by atoms with Crippen LogP contribution in [0.15, 0.2) is 0 Å². The molecule has 5 heteroatoms. The average Bonchev–Trinajstić information content (AvgIpc) is 2.05. The molecule has 0 atom stereocenters. The van der Waals surface area contributed by atoms with Gasteiger partial charge in [-0.1, -0.05) is 0 Å². The van der Waals surface area contributed by atoms with Gasteiger partial charge in [-0.3, -0.25) is 4.90 Å². The molecule has 0 aromatic heterocycles. The number of carbonyl (C=O) groups is 1. The van der Waals surface area contributed by atoms with E-state index in [1.54, 1.807) is 7.11 Å². The van der Waals surface area contributed by atoms with E-state index in [4.69, 9.17) is 9.47 Å². The number of methoxy groups -OCH3 is 1. The predicted molar refractivity (Wildman–Crippen MR) is 61.5 cm³/mol. The lowest BCUT2D eigenvalue weighted by Crippen LogP contribution is -2.60. The lowest BCUT2D eigenvalue weighted by atomic mass is 10.1. The number of ether oxygens (including phenoxy) is 2. The van der Waals surface area contributed by atoms with Crippen LogP contribution in [0.25, 0.3) is 0 Å². The van der Waals surface area contributed by atoms with Crippen molar-refractivity contribution in [1.29, 1.82) is 0 Å². The quantitative estimate of drug-likeness (QED) is 0.777. The monoisotopic (exact) mass is 230 g/mol. The highest BCUT2D eigenvalue weighted by Gasteiger charge is 2.28. The van der Waals surface area contributed by atoms with Gasteiger partial charge in [-0.15, -0.1) is 0 Å². The molecule has 1 rings (SSSR count). The fourth-order valence-corrected chi connectivity index (χ4v) is 1.54. The van der Waals surface area contributed by atoms with E-state index < -0.39 is 5.60 Å². The molecule has 0 aliphatic carbocycles. The highest BCUT2D eigenvalue weighted by atomic mass is 16.6. The predicted octanol–water partition coefficient (Wildman–Crippen LogP) is 0.842. The summed E-state index contributed by atoms with van der Waals surface area (Å²) in [5, 5.41) is 2.84. The van der Waals surface area contributed by atoms with E-state index in [9.17, 15) is 4.79 Å². The first kappa shape index (κ1) is 13.3. The standard InChI is InChI=1S/C11H22N2O3/c1-11(2,3)16-10(14)12-9-7-13(8-9)5-6-15-4/h9H,5-8H2,1-4H3,(H,12,14). The van der Waals surface area contributed by atoms with Gasteiger partial charge < -0.3 is 14.8 Å². The summed E-state index contributed by atoms with van der Waals surface area (Å²) in [6.45, 7) is 8.99. The summed E-state index contributed by atoms with van der Waals surface area (Å²) in [6.07, 6.45) is -0.330. The summed E-state index contributed by atoms with van der Waals surface area (Å²) >= 11 is 0. The Labute approximate surface area is 97.1 Å². The van der Waals surface area contributed by atoms with Crippen LogP contribution < -0.4 is 5.32 Å². The Balaban J connectivity index is 2.10. The third kappa shape index (κ3) is 4.81. The van der Waals surface area contributed by atoms with Crippen molar-refractivity contribution in [1.82, 2.24) is 10.2 Å². The van der Waals surface area contributed by atoms with Crippen molar-refractivity contribution in [2.45, 2.75) is 32.4 Å². The number of hydrogen-bond acceptors (Lipinski definition) is 4. The van der Waals surface area contributed by atoms with Gasteiger partial charge in [-0.25, -0.2) is 4.79 Å². The maximum absolute atomic E-state index is 11.4. The maximum Gasteiger partial charge on any atom is 0.407 e. The van der Waals surface area contributed by atoms with Gasteiger partial charge in [0.2, 0.25) is 0 Å². The molecule has 94 valence electrons. The van der Waals surface area contributed by atoms with Crippen LogP contribution in [0.5, 0.6) is 0 Å². The van der Waals surface area contributed by atoms with Crippen molar-refractivity contribution in [3.8, 4) is 0 Å². The highest BCUT2D eigenvalue weighted by Crippen LogP contribution is 2.10. The second-order valence-electron chi connectivity index (χ2n) is 5.10. The molecule has 0 spiro atoms. The minimum atomic E-state index is -0.427. The summed E-state index contributed by atoms with van der Waals surface area (Å²) in [6, 6.07) is 0.215. The van der Waals surface area contributed by atoms with Crippen molar-refractivity contribution >= 4 is 6.09 Å². The number of carbonyl (C=O) groups excluding carboxylic acids is 1. The Morgan fingerprint density at radius 3 is 2.56 bits per heavy atom. The second kappa shape index (κ2) is 5.50. The van der Waals surface area contributed by atoms with Gasteiger partial charge >= 0.3 is 6.09 Å². The van der Waals surface area contributed by atoms with Crippen LogP contribution >= 0.6 is 0 Å². The van der Waals surface area contributed by atoms with Crippen molar-refractivity contribution < 1.29 is 14.3 Å². The molecule has 0 radical (unpaired) electrons. The van der Waals surface area contributed by atoms with E-state index in [1.807, 2.05) is 20.8 Å². The van der Waals surface area contributed by atoms with Gasteiger partial charge in [0.1, 0.15) is 5.60 Å². The van der Waals surface area contributed by atoms with Crippen LogP contribution in [-0.4, -0.2) is 56.0 Å². The molecule has 1 fully saturated rings. The zero-order valence-corrected chi connectivity index (χ0v) is 10.6. The van der Waals surface area contributed by atoms with Crippen molar-refractivity contribution in [3.63, 3.8) is 0 Å². The Hall–Kier alpha value is -0.810. The molecule has 1 aliphatic rings. The molecule has 0 saturated carbocycles.